The Morgan fingerprint density at radius 3 is 2.69 bits per heavy atom. The van der Waals surface area contributed by atoms with E-state index >= 15 is 0 Å². The molecule has 0 radical (unpaired) electrons. The van der Waals surface area contributed by atoms with E-state index in [1.54, 1.807) is 0 Å². The molecule has 1 aromatic carbocycles. The number of likely N-dealkylation sites (tertiary alicyclic amines) is 1. The second-order valence-electron chi connectivity index (χ2n) is 8.08. The molecule has 5 nitrogen and oxygen atoms in total. The molecule has 0 unspecified atom stereocenters. The van der Waals surface area contributed by atoms with Crippen LogP contribution in [0.4, 0.5) is 5.69 Å². The second-order valence-corrected chi connectivity index (χ2v) is 8.08. The summed E-state index contributed by atoms with van der Waals surface area (Å²) in [6.07, 6.45) is 3.09. The first-order chi connectivity index (χ1) is 12.5. The zero-order chi connectivity index (χ0) is 18.7. The highest BCUT2D eigenvalue weighted by atomic mass is 16.1. The molecule has 26 heavy (non-hydrogen) atoms. The van der Waals surface area contributed by atoms with Crippen LogP contribution in [0.1, 0.15) is 52.8 Å². The van der Waals surface area contributed by atoms with E-state index in [9.17, 15) is 4.79 Å². The van der Waals surface area contributed by atoms with Gasteiger partial charge in [-0.3, -0.25) is 9.69 Å². The van der Waals surface area contributed by atoms with Crippen molar-refractivity contribution in [2.75, 3.05) is 18.4 Å². The summed E-state index contributed by atoms with van der Waals surface area (Å²) in [5, 5.41) is 3.00. The molecule has 2 aromatic rings. The highest BCUT2D eigenvalue weighted by Gasteiger charge is 2.19. The summed E-state index contributed by atoms with van der Waals surface area (Å²) in [5.41, 5.74) is 2.95. The zero-order valence-corrected chi connectivity index (χ0v) is 16.6. The summed E-state index contributed by atoms with van der Waals surface area (Å²) in [4.78, 5) is 19.4. The minimum Gasteiger partial charge on any atom is -0.327 e. The van der Waals surface area contributed by atoms with E-state index in [1.165, 1.54) is 12.8 Å². The molecule has 2 heterocycles. The smallest absolute Gasteiger partial charge is 0.224 e. The molecule has 1 aliphatic heterocycles. The number of piperidine rings is 1. The second kappa shape index (κ2) is 8.21. The molecule has 0 spiro atoms. The van der Waals surface area contributed by atoms with Crippen LogP contribution in [0.25, 0.3) is 11.0 Å². The van der Waals surface area contributed by atoms with Gasteiger partial charge in [-0.1, -0.05) is 20.8 Å². The predicted octanol–water partition coefficient (Wildman–Crippen LogP) is 4.27. The van der Waals surface area contributed by atoms with Gasteiger partial charge in [0.1, 0.15) is 5.82 Å². The fourth-order valence-corrected chi connectivity index (χ4v) is 3.73. The fourth-order valence-electron chi connectivity index (χ4n) is 3.73. The monoisotopic (exact) mass is 356 g/mol. The van der Waals surface area contributed by atoms with Gasteiger partial charge in [-0.25, -0.2) is 4.98 Å². The molecule has 1 aromatic heterocycles. The topological polar surface area (TPSA) is 50.2 Å². The minimum atomic E-state index is 0.0666. The average molecular weight is 357 g/mol. The average Bonchev–Trinajstić information content (AvgIpc) is 2.92. The van der Waals surface area contributed by atoms with Crippen LogP contribution < -0.4 is 5.32 Å². The highest BCUT2D eigenvalue weighted by molar-refractivity contribution is 5.93. The third kappa shape index (κ3) is 4.44. The van der Waals surface area contributed by atoms with Crippen LogP contribution in [-0.2, 0) is 17.9 Å². The largest absolute Gasteiger partial charge is 0.327 e. The molecule has 1 saturated heterocycles. The lowest BCUT2D eigenvalue weighted by Gasteiger charge is -2.29. The Balaban J connectivity index is 1.78. The highest BCUT2D eigenvalue weighted by Crippen LogP contribution is 2.23. The van der Waals surface area contributed by atoms with Crippen molar-refractivity contribution >= 4 is 22.6 Å². The van der Waals surface area contributed by atoms with Gasteiger partial charge in [0.05, 0.1) is 17.6 Å². The number of nitrogens with zero attached hydrogens (tertiary/aromatic N) is 3. The van der Waals surface area contributed by atoms with E-state index in [0.29, 0.717) is 12.3 Å². The van der Waals surface area contributed by atoms with E-state index in [1.807, 2.05) is 12.1 Å². The third-order valence-electron chi connectivity index (χ3n) is 5.26. The van der Waals surface area contributed by atoms with E-state index in [2.05, 4.69) is 48.5 Å². The molecular weight excluding hydrogens is 324 g/mol. The summed E-state index contributed by atoms with van der Waals surface area (Å²) < 4.78 is 2.30. The van der Waals surface area contributed by atoms with Crippen molar-refractivity contribution in [1.29, 1.82) is 0 Å². The molecule has 0 bridgehead atoms. The molecule has 0 aliphatic carbocycles. The van der Waals surface area contributed by atoms with Crippen LogP contribution >= 0.6 is 0 Å². The molecule has 1 amide bonds. The number of fused-ring (bicyclic) bond motifs is 1. The summed E-state index contributed by atoms with van der Waals surface area (Å²) in [7, 11) is 0. The number of carbonyl (C=O) groups excluding carboxylic acids is 1. The summed E-state index contributed by atoms with van der Waals surface area (Å²) in [6, 6.07) is 6.07. The Kier molecular flexibility index (Phi) is 5.97. The number of aryl methyl sites for hydroxylation is 1. The van der Waals surface area contributed by atoms with Crippen molar-refractivity contribution in [2.45, 2.75) is 60.0 Å². The number of anilines is 1. The van der Waals surface area contributed by atoms with Gasteiger partial charge in [-0.15, -0.1) is 0 Å². The minimum absolute atomic E-state index is 0.0666. The van der Waals surface area contributed by atoms with Crippen molar-refractivity contribution in [2.24, 2.45) is 11.8 Å². The Hall–Kier alpha value is -1.88. The van der Waals surface area contributed by atoms with Crippen LogP contribution in [0.5, 0.6) is 0 Å². The van der Waals surface area contributed by atoms with Crippen molar-refractivity contribution in [3.05, 3.63) is 24.0 Å². The van der Waals surface area contributed by atoms with Crippen LogP contribution in [0.15, 0.2) is 18.2 Å². The number of hydrogen-bond donors (Lipinski definition) is 1. The van der Waals surface area contributed by atoms with E-state index in [-0.39, 0.29) is 5.91 Å². The standard InChI is InChI=1S/C21H32N4O/c1-5-25-19-7-6-17(22-21(26)12-15(2)3)13-18(19)23-20(25)14-24-10-8-16(4)9-11-24/h6-7,13,15-16H,5,8-12,14H2,1-4H3,(H,22,26). The van der Waals surface area contributed by atoms with Crippen molar-refractivity contribution < 1.29 is 4.79 Å². The first kappa shape index (κ1) is 18.9. The van der Waals surface area contributed by atoms with Gasteiger partial charge in [-0.05, 0) is 62.9 Å². The molecule has 1 fully saturated rings. The van der Waals surface area contributed by atoms with Gasteiger partial charge in [0, 0.05) is 18.7 Å². The first-order valence-electron chi connectivity index (χ1n) is 9.97. The number of aromatic nitrogens is 2. The lowest BCUT2D eigenvalue weighted by Crippen LogP contribution is -2.33. The van der Waals surface area contributed by atoms with Crippen molar-refractivity contribution in [3.63, 3.8) is 0 Å². The molecule has 1 N–H and O–H groups in total. The maximum atomic E-state index is 12.0. The molecular formula is C21H32N4O. The van der Waals surface area contributed by atoms with E-state index in [0.717, 1.165) is 54.6 Å². The zero-order valence-electron chi connectivity index (χ0n) is 16.6. The van der Waals surface area contributed by atoms with Gasteiger partial charge in [0.15, 0.2) is 0 Å². The molecule has 142 valence electrons. The van der Waals surface area contributed by atoms with Gasteiger partial charge >= 0.3 is 0 Å². The molecule has 0 saturated carbocycles. The summed E-state index contributed by atoms with van der Waals surface area (Å²) in [6.45, 7) is 12.8. The maximum Gasteiger partial charge on any atom is 0.224 e. The third-order valence-corrected chi connectivity index (χ3v) is 5.26. The van der Waals surface area contributed by atoms with Crippen LogP contribution in [0, 0.1) is 11.8 Å². The van der Waals surface area contributed by atoms with Gasteiger partial charge in [0.25, 0.3) is 0 Å². The number of nitrogens with one attached hydrogen (secondary N) is 1. The predicted molar refractivity (Wildman–Crippen MR) is 107 cm³/mol. The fraction of sp³-hybridized carbons (Fsp3) is 0.619. The van der Waals surface area contributed by atoms with Crippen molar-refractivity contribution in [1.82, 2.24) is 14.5 Å². The molecule has 3 rings (SSSR count). The van der Waals surface area contributed by atoms with Crippen LogP contribution in [0.2, 0.25) is 0 Å². The van der Waals surface area contributed by atoms with Gasteiger partial charge in [-0.2, -0.15) is 0 Å². The van der Waals surface area contributed by atoms with E-state index < -0.39 is 0 Å². The van der Waals surface area contributed by atoms with Crippen molar-refractivity contribution in [3.8, 4) is 0 Å². The number of amides is 1. The van der Waals surface area contributed by atoms with Gasteiger partial charge in [0.2, 0.25) is 5.91 Å². The maximum absolute atomic E-state index is 12.0. The SMILES string of the molecule is CCn1c(CN2CCC(C)CC2)nc2cc(NC(=O)CC(C)C)ccc21. The molecule has 0 atom stereocenters. The Morgan fingerprint density at radius 1 is 1.31 bits per heavy atom. The lowest BCUT2D eigenvalue weighted by molar-refractivity contribution is -0.116. The Bertz CT molecular complexity index is 757. The van der Waals surface area contributed by atoms with Crippen LogP contribution in [0.3, 0.4) is 0 Å². The summed E-state index contributed by atoms with van der Waals surface area (Å²) in [5.74, 6) is 2.39. The number of carbonyl (C=O) groups is 1. The number of imidazole rings is 1. The molecule has 5 heteroatoms. The Labute approximate surface area is 156 Å². The number of benzene rings is 1. The lowest BCUT2D eigenvalue weighted by atomic mass is 9.99. The van der Waals surface area contributed by atoms with Gasteiger partial charge < -0.3 is 9.88 Å². The Morgan fingerprint density at radius 2 is 2.04 bits per heavy atom. The van der Waals surface area contributed by atoms with E-state index in [4.69, 9.17) is 4.98 Å². The molecule has 1 aliphatic rings. The normalized spacial score (nSPS) is 16.5. The number of rotatable bonds is 6. The first-order valence-corrected chi connectivity index (χ1v) is 9.97. The quantitative estimate of drug-likeness (QED) is 0.841. The van der Waals surface area contributed by atoms with Crippen LogP contribution in [-0.4, -0.2) is 33.4 Å². The summed E-state index contributed by atoms with van der Waals surface area (Å²) >= 11 is 0. The number of hydrogen-bond acceptors (Lipinski definition) is 3.